The second-order valence-corrected chi connectivity index (χ2v) is 17.4. The first kappa shape index (κ1) is 56.0. The van der Waals surface area contributed by atoms with Crippen LogP contribution >= 0.6 is 7.82 Å². The van der Waals surface area contributed by atoms with Gasteiger partial charge in [0.15, 0.2) is 6.10 Å². The maximum absolute atomic E-state index is 12.5. The van der Waals surface area contributed by atoms with Crippen LogP contribution in [0.2, 0.25) is 0 Å². The number of unbranched alkanes of at least 4 members (excludes halogenated alkanes) is 25. The summed E-state index contributed by atoms with van der Waals surface area (Å²) >= 11 is 0. The summed E-state index contributed by atoms with van der Waals surface area (Å²) in [6.07, 6.45) is 54.7. The summed E-state index contributed by atoms with van der Waals surface area (Å²) in [5.41, 5.74) is 0. The Bertz CT molecular complexity index is 1080. The molecule has 0 saturated carbocycles. The predicted molar refractivity (Wildman–Crippen MR) is 244 cm³/mol. The maximum Gasteiger partial charge on any atom is 0.472 e. The summed E-state index contributed by atoms with van der Waals surface area (Å²) in [5, 5.41) is 0. The summed E-state index contributed by atoms with van der Waals surface area (Å²) in [6, 6.07) is 0. The van der Waals surface area contributed by atoms with Crippen molar-refractivity contribution < 1.29 is 37.6 Å². The molecule has 0 rings (SSSR count). The average Bonchev–Trinajstić information content (AvgIpc) is 3.21. The monoisotopic (exact) mass is 837 g/mol. The minimum atomic E-state index is -4.28. The highest BCUT2D eigenvalue weighted by atomic mass is 31.2. The number of hydrogen-bond donors (Lipinski definition) is 1. The quantitative estimate of drug-likeness (QED) is 0.0280. The van der Waals surface area contributed by atoms with Crippen LogP contribution in [0.5, 0.6) is 0 Å². The van der Waals surface area contributed by atoms with Gasteiger partial charge >= 0.3 is 19.8 Å². The molecule has 0 bridgehead atoms. The Morgan fingerprint density at radius 3 is 1.31 bits per heavy atom. The number of ether oxygens (including phenoxy) is 2. The van der Waals surface area contributed by atoms with E-state index < -0.39 is 26.5 Å². The van der Waals surface area contributed by atoms with Crippen molar-refractivity contribution >= 4 is 19.8 Å². The van der Waals surface area contributed by atoms with Gasteiger partial charge in [-0.3, -0.25) is 18.6 Å². The van der Waals surface area contributed by atoms with Crippen LogP contribution in [-0.4, -0.2) is 43.3 Å². The Balaban J connectivity index is 3.90. The summed E-state index contributed by atoms with van der Waals surface area (Å²) in [7, 11) is -3.22. The number of carbonyl (C=O) groups is 2. The molecule has 2 unspecified atom stereocenters. The Kier molecular flexibility index (Phi) is 43.0. The molecule has 0 aliphatic carbocycles. The summed E-state index contributed by atoms with van der Waals surface area (Å²) in [5.74, 6) is -0.846. The van der Waals surface area contributed by atoms with Gasteiger partial charge in [-0.1, -0.05) is 210 Å². The third-order valence-electron chi connectivity index (χ3n) is 10.3. The van der Waals surface area contributed by atoms with Gasteiger partial charge in [0.05, 0.1) is 6.61 Å². The summed E-state index contributed by atoms with van der Waals surface area (Å²) < 4.78 is 32.0. The van der Waals surface area contributed by atoms with E-state index >= 15 is 0 Å². The molecule has 8 nitrogen and oxygen atoms in total. The van der Waals surface area contributed by atoms with E-state index in [4.69, 9.17) is 14.0 Å². The zero-order valence-electron chi connectivity index (χ0n) is 37.7. The number of phosphoric acid groups is 1. The minimum Gasteiger partial charge on any atom is -0.462 e. The zero-order valence-corrected chi connectivity index (χ0v) is 38.6. The summed E-state index contributed by atoms with van der Waals surface area (Å²) in [4.78, 5) is 34.5. The molecule has 338 valence electrons. The molecular weight excluding hydrogens is 748 g/mol. The van der Waals surface area contributed by atoms with Gasteiger partial charge in [0, 0.05) is 20.0 Å². The Hall–Kier alpha value is -1.99. The lowest BCUT2D eigenvalue weighted by atomic mass is 10.0. The number of rotatable bonds is 44. The van der Waals surface area contributed by atoms with Crippen LogP contribution < -0.4 is 0 Å². The molecular formula is C49H89O8P. The fourth-order valence-corrected chi connectivity index (χ4v) is 7.17. The number of allylic oxidation sites excluding steroid dienone is 8. The lowest BCUT2D eigenvalue weighted by Crippen LogP contribution is -2.29. The third-order valence-corrected chi connectivity index (χ3v) is 11.3. The second kappa shape index (κ2) is 44.6. The first-order valence-electron chi connectivity index (χ1n) is 23.8. The highest BCUT2D eigenvalue weighted by Crippen LogP contribution is 2.42. The van der Waals surface area contributed by atoms with E-state index in [9.17, 15) is 19.0 Å². The van der Waals surface area contributed by atoms with Gasteiger partial charge in [-0.05, 0) is 51.4 Å². The van der Waals surface area contributed by atoms with Crippen molar-refractivity contribution in [2.45, 2.75) is 232 Å². The molecule has 9 heteroatoms. The SMILES string of the molecule is CC/C=C\C/C=C\C/C=C\C/C=C\CCCCC(=O)OC(COC(=O)CCCCCCCCCCCCCCCCCCCCCCCCCC)COP(=O)(O)OC. The first-order chi connectivity index (χ1) is 28.3. The molecule has 58 heavy (non-hydrogen) atoms. The van der Waals surface area contributed by atoms with E-state index in [2.05, 4.69) is 67.0 Å². The van der Waals surface area contributed by atoms with Crippen LogP contribution in [0.1, 0.15) is 226 Å². The van der Waals surface area contributed by atoms with E-state index in [1.807, 2.05) is 0 Å². The second-order valence-electron chi connectivity index (χ2n) is 15.9. The molecule has 0 aromatic heterocycles. The van der Waals surface area contributed by atoms with Gasteiger partial charge in [-0.15, -0.1) is 0 Å². The molecule has 0 fully saturated rings. The minimum absolute atomic E-state index is 0.193. The molecule has 0 aromatic carbocycles. The highest BCUT2D eigenvalue weighted by molar-refractivity contribution is 7.47. The van der Waals surface area contributed by atoms with Gasteiger partial charge in [-0.2, -0.15) is 0 Å². The van der Waals surface area contributed by atoms with Crippen LogP contribution in [0.3, 0.4) is 0 Å². The fraction of sp³-hybridized carbons (Fsp3) is 0.796. The van der Waals surface area contributed by atoms with Gasteiger partial charge < -0.3 is 14.4 Å². The van der Waals surface area contributed by atoms with Crippen molar-refractivity contribution in [3.05, 3.63) is 48.6 Å². The van der Waals surface area contributed by atoms with Crippen molar-refractivity contribution in [2.75, 3.05) is 20.3 Å². The smallest absolute Gasteiger partial charge is 0.462 e. The molecule has 0 radical (unpaired) electrons. The lowest BCUT2D eigenvalue weighted by Gasteiger charge is -2.19. The number of esters is 2. The molecule has 0 saturated heterocycles. The van der Waals surface area contributed by atoms with Crippen molar-refractivity contribution in [2.24, 2.45) is 0 Å². The normalized spacial score (nSPS) is 13.7. The largest absolute Gasteiger partial charge is 0.472 e. The Morgan fingerprint density at radius 1 is 0.500 bits per heavy atom. The van der Waals surface area contributed by atoms with Gasteiger partial charge in [0.25, 0.3) is 0 Å². The molecule has 0 amide bonds. The number of hydrogen-bond acceptors (Lipinski definition) is 7. The highest BCUT2D eigenvalue weighted by Gasteiger charge is 2.24. The van der Waals surface area contributed by atoms with Crippen LogP contribution in [0.4, 0.5) is 0 Å². The van der Waals surface area contributed by atoms with E-state index in [1.165, 1.54) is 135 Å². The molecule has 0 aliphatic heterocycles. The third kappa shape index (κ3) is 43.6. The van der Waals surface area contributed by atoms with Crippen molar-refractivity contribution in [3.8, 4) is 0 Å². The van der Waals surface area contributed by atoms with E-state index in [-0.39, 0.29) is 25.4 Å². The molecule has 0 spiro atoms. The van der Waals surface area contributed by atoms with E-state index in [0.717, 1.165) is 64.9 Å². The van der Waals surface area contributed by atoms with Crippen LogP contribution in [0, 0.1) is 0 Å². The molecule has 0 aromatic rings. The zero-order chi connectivity index (χ0) is 42.5. The molecule has 0 aliphatic rings. The van der Waals surface area contributed by atoms with Crippen LogP contribution in [0.15, 0.2) is 48.6 Å². The molecule has 0 heterocycles. The lowest BCUT2D eigenvalue weighted by molar-refractivity contribution is -0.161. The predicted octanol–water partition coefficient (Wildman–Crippen LogP) is 15.3. The molecule has 1 N–H and O–H groups in total. The maximum atomic E-state index is 12.5. The number of carbonyl (C=O) groups excluding carboxylic acids is 2. The van der Waals surface area contributed by atoms with Gasteiger partial charge in [-0.25, -0.2) is 4.57 Å². The standard InChI is InChI=1S/C49H89O8P/c1-4-6-8-10-12-14-16-18-20-21-22-23-24-25-26-27-28-30-31-33-35-37-39-41-43-48(50)55-45-47(46-56-58(52,53)54-3)57-49(51)44-42-40-38-36-34-32-29-19-17-15-13-11-9-7-5-2/h7,9,13,15,19,29,34,36,47H,4-6,8,10-12,14,16-18,20-28,30-33,35,37-46H2,1-3H3,(H,52,53)/b9-7-,15-13-,29-19-,36-34-. The van der Waals surface area contributed by atoms with Crippen LogP contribution in [0.25, 0.3) is 0 Å². The Labute approximate surface area is 357 Å². The van der Waals surface area contributed by atoms with Crippen LogP contribution in [-0.2, 0) is 32.7 Å². The topological polar surface area (TPSA) is 108 Å². The van der Waals surface area contributed by atoms with Crippen molar-refractivity contribution in [1.82, 2.24) is 0 Å². The number of phosphoric ester groups is 1. The van der Waals surface area contributed by atoms with Crippen molar-refractivity contribution in [1.29, 1.82) is 0 Å². The summed E-state index contributed by atoms with van der Waals surface area (Å²) in [6.45, 7) is 3.76. The average molecular weight is 837 g/mol. The Morgan fingerprint density at radius 2 is 0.879 bits per heavy atom. The van der Waals surface area contributed by atoms with Gasteiger partial charge in [0.1, 0.15) is 6.61 Å². The first-order valence-corrected chi connectivity index (χ1v) is 25.3. The van der Waals surface area contributed by atoms with E-state index in [0.29, 0.717) is 6.42 Å². The molecule has 2 atom stereocenters. The van der Waals surface area contributed by atoms with Gasteiger partial charge in [0.2, 0.25) is 0 Å². The van der Waals surface area contributed by atoms with E-state index in [1.54, 1.807) is 0 Å². The fourth-order valence-electron chi connectivity index (χ4n) is 6.71. The van der Waals surface area contributed by atoms with Crippen molar-refractivity contribution in [3.63, 3.8) is 0 Å².